The van der Waals surface area contributed by atoms with Crippen molar-refractivity contribution in [2.24, 2.45) is 0 Å². The number of carbonyl (C=O) groups excluding carboxylic acids is 1. The number of aromatic nitrogens is 2. The van der Waals surface area contributed by atoms with E-state index in [2.05, 4.69) is 48.9 Å². The molecule has 2 atom stereocenters. The molecule has 1 aromatic carbocycles. The van der Waals surface area contributed by atoms with Gasteiger partial charge >= 0.3 is 205 Å². The molecule has 0 aliphatic carbocycles. The number of carbonyl (C=O) groups is 1. The van der Waals surface area contributed by atoms with Gasteiger partial charge in [0.1, 0.15) is 0 Å². The van der Waals surface area contributed by atoms with Crippen LogP contribution in [0.1, 0.15) is 22.5 Å². The molecule has 1 aliphatic rings. The van der Waals surface area contributed by atoms with Crippen LogP contribution >= 0.6 is 0 Å². The van der Waals surface area contributed by atoms with Crippen LogP contribution in [0.4, 0.5) is 15.9 Å². The average molecular weight is 542 g/mol. The van der Waals surface area contributed by atoms with Crippen molar-refractivity contribution in [1.82, 2.24) is 19.8 Å². The van der Waals surface area contributed by atoms with Crippen LogP contribution in [0.3, 0.4) is 0 Å². The third kappa shape index (κ3) is 5.54. The molecule has 2 aromatic heterocycles. The van der Waals surface area contributed by atoms with E-state index < -0.39 is 6.17 Å². The van der Waals surface area contributed by atoms with E-state index in [4.69, 9.17) is 4.74 Å². The van der Waals surface area contributed by atoms with Crippen molar-refractivity contribution in [3.05, 3.63) is 47.7 Å². The molecule has 3 N–H and O–H groups in total. The average Bonchev–Trinajstić information content (AvgIpc) is 3.19. The van der Waals surface area contributed by atoms with Crippen molar-refractivity contribution in [1.29, 1.82) is 0 Å². The number of nitrogens with one attached hydrogen (secondary N) is 3. The number of halogens is 1. The number of pyridine rings is 1. The summed E-state index contributed by atoms with van der Waals surface area (Å²) >= 11 is 3.07. The normalized spacial score (nSPS) is 17.9. The van der Waals surface area contributed by atoms with E-state index in [0.29, 0.717) is 30.1 Å². The van der Waals surface area contributed by atoms with Crippen LogP contribution in [0.25, 0.3) is 5.52 Å². The molecule has 2 unspecified atom stereocenters. The first-order valence-corrected chi connectivity index (χ1v) is 12.2. The maximum atomic E-state index is 14.5. The van der Waals surface area contributed by atoms with Gasteiger partial charge in [0, 0.05) is 7.05 Å². The second-order valence-corrected chi connectivity index (χ2v) is 9.21. The summed E-state index contributed by atoms with van der Waals surface area (Å²) < 4.78 is 22.6. The fraction of sp³-hybridized carbons (Fsp3) is 0.360. The Morgan fingerprint density at radius 2 is 2.17 bits per heavy atom. The summed E-state index contributed by atoms with van der Waals surface area (Å²) in [5.74, 6) is 7.31. The van der Waals surface area contributed by atoms with E-state index in [1.54, 1.807) is 36.9 Å². The number of alkyl halides is 1. The summed E-state index contributed by atoms with van der Waals surface area (Å²) in [5, 5.41) is 13.8. The maximum absolute atomic E-state index is 14.5. The van der Waals surface area contributed by atoms with Gasteiger partial charge in [0.2, 0.25) is 0 Å². The molecule has 1 aliphatic heterocycles. The Labute approximate surface area is 212 Å². The van der Waals surface area contributed by atoms with Gasteiger partial charge in [-0.15, -0.1) is 0 Å². The van der Waals surface area contributed by atoms with Crippen LogP contribution < -0.4 is 25.1 Å². The van der Waals surface area contributed by atoms with Crippen LogP contribution in [-0.2, 0) is 0 Å². The second kappa shape index (κ2) is 11.0. The summed E-state index contributed by atoms with van der Waals surface area (Å²) in [6.45, 7) is 1.62. The van der Waals surface area contributed by atoms with Crippen molar-refractivity contribution in [3.63, 3.8) is 0 Å². The van der Waals surface area contributed by atoms with Gasteiger partial charge in [0.15, 0.2) is 0 Å². The van der Waals surface area contributed by atoms with Gasteiger partial charge in [-0.1, -0.05) is 0 Å². The van der Waals surface area contributed by atoms with Gasteiger partial charge in [-0.3, -0.25) is 0 Å². The molecule has 1 fully saturated rings. The predicted octanol–water partition coefficient (Wildman–Crippen LogP) is 1.41. The molecule has 183 valence electrons. The van der Waals surface area contributed by atoms with Crippen LogP contribution in [0, 0.1) is 11.8 Å². The monoisotopic (exact) mass is 543 g/mol. The van der Waals surface area contributed by atoms with E-state index in [1.807, 2.05) is 30.1 Å². The number of piperidine rings is 1. The molecular weight excluding hydrogens is 514 g/mol. The van der Waals surface area contributed by atoms with Gasteiger partial charge in [-0.2, -0.15) is 0 Å². The van der Waals surface area contributed by atoms with E-state index in [1.165, 1.54) is 0 Å². The topological polar surface area (TPSA) is 82.9 Å². The standard InChI is InChI=1S/C25H28FN6O2Se/c1-27-25(33)16-9-10-19(22(14-16)34-3)28-12-5-6-20-24(35)21-7-4-8-23(32(21)30-20)29-18-11-13-31(2)15-17(18)26/h4,7-10,14,17-18,28-29H,11-13,15H2,1-3H3,(H,27,33). The summed E-state index contributed by atoms with van der Waals surface area (Å²) in [7, 11) is 5.07. The summed E-state index contributed by atoms with van der Waals surface area (Å²) in [5.41, 5.74) is 2.74. The molecule has 1 amide bonds. The van der Waals surface area contributed by atoms with Gasteiger partial charge in [0.25, 0.3) is 0 Å². The Balaban J connectivity index is 1.48. The number of amides is 1. The van der Waals surface area contributed by atoms with E-state index in [-0.39, 0.29) is 11.9 Å². The van der Waals surface area contributed by atoms with E-state index in [9.17, 15) is 9.18 Å². The number of methoxy groups -OCH3 is 1. The number of rotatable bonds is 6. The fourth-order valence-corrected chi connectivity index (χ4v) is 4.55. The van der Waals surface area contributed by atoms with Crippen LogP contribution in [0.15, 0.2) is 36.4 Å². The number of likely N-dealkylation sites (tertiary alicyclic amines) is 1. The first-order chi connectivity index (χ1) is 16.9. The molecule has 1 radical (unpaired) electrons. The first-order valence-electron chi connectivity index (χ1n) is 11.3. The predicted molar refractivity (Wildman–Crippen MR) is 137 cm³/mol. The molecule has 1 saturated heterocycles. The summed E-state index contributed by atoms with van der Waals surface area (Å²) in [4.78, 5) is 13.8. The molecule has 0 spiro atoms. The zero-order chi connectivity index (χ0) is 24.9. The Morgan fingerprint density at radius 1 is 1.34 bits per heavy atom. The van der Waals surface area contributed by atoms with Crippen LogP contribution in [0.2, 0.25) is 0 Å². The molecule has 3 aromatic rings. The number of fused-ring (bicyclic) bond motifs is 1. The number of benzene rings is 1. The number of hydrogen-bond donors (Lipinski definition) is 3. The third-order valence-electron chi connectivity index (χ3n) is 5.95. The summed E-state index contributed by atoms with van der Waals surface area (Å²) in [6, 6.07) is 10.7. The minimum atomic E-state index is -0.944. The van der Waals surface area contributed by atoms with Gasteiger partial charge in [-0.25, -0.2) is 0 Å². The van der Waals surface area contributed by atoms with Crippen molar-refractivity contribution in [3.8, 4) is 17.6 Å². The zero-order valence-corrected chi connectivity index (χ0v) is 21.6. The third-order valence-corrected chi connectivity index (χ3v) is 6.80. The Kier molecular flexibility index (Phi) is 7.81. The quantitative estimate of drug-likeness (QED) is 0.323. The Hall–Kier alpha value is -3.25. The van der Waals surface area contributed by atoms with Crippen molar-refractivity contribution < 1.29 is 13.9 Å². The minimum absolute atomic E-state index is 0.181. The SMILES string of the molecule is CNC(=O)c1ccc(NCC#Cc2nn3c(NC4CCN(C)CC4F)cccc3c2[Se])c(OC)c1. The molecule has 3 heterocycles. The Morgan fingerprint density at radius 3 is 2.91 bits per heavy atom. The summed E-state index contributed by atoms with van der Waals surface area (Å²) in [6.07, 6.45) is -0.216. The van der Waals surface area contributed by atoms with Crippen LogP contribution in [-0.4, -0.2) is 89.5 Å². The Bertz CT molecular complexity index is 1280. The van der Waals surface area contributed by atoms with Crippen molar-refractivity contribution in [2.75, 3.05) is 51.5 Å². The molecule has 10 heteroatoms. The molecule has 0 bridgehead atoms. The molecule has 8 nitrogen and oxygen atoms in total. The molecular formula is C25H28FN6O2Se. The van der Waals surface area contributed by atoms with E-state index >= 15 is 0 Å². The van der Waals surface area contributed by atoms with Crippen molar-refractivity contribution >= 4 is 43.4 Å². The van der Waals surface area contributed by atoms with Gasteiger partial charge < -0.3 is 0 Å². The van der Waals surface area contributed by atoms with Crippen LogP contribution in [0.5, 0.6) is 5.75 Å². The number of nitrogens with zero attached hydrogens (tertiary/aromatic N) is 3. The van der Waals surface area contributed by atoms with E-state index in [0.717, 1.165) is 34.4 Å². The number of ether oxygens (including phenoxy) is 1. The molecule has 35 heavy (non-hydrogen) atoms. The van der Waals surface area contributed by atoms with Gasteiger partial charge in [0.05, 0.1) is 0 Å². The first kappa shape index (κ1) is 24.9. The zero-order valence-electron chi connectivity index (χ0n) is 19.9. The second-order valence-electron chi connectivity index (χ2n) is 8.35. The van der Waals surface area contributed by atoms with Crippen molar-refractivity contribution in [2.45, 2.75) is 18.6 Å². The molecule has 4 rings (SSSR count). The molecule has 0 saturated carbocycles. The fourth-order valence-electron chi connectivity index (χ4n) is 4.04. The van der Waals surface area contributed by atoms with Gasteiger partial charge in [-0.05, 0) is 0 Å². The number of hydrogen-bond acceptors (Lipinski definition) is 6. The number of anilines is 2.